The third-order valence-electron chi connectivity index (χ3n) is 3.90. The summed E-state index contributed by atoms with van der Waals surface area (Å²) in [6.45, 7) is 0.667. The number of nitrogens with zero attached hydrogens (tertiary/aromatic N) is 1. The zero-order valence-electron chi connectivity index (χ0n) is 12.1. The molecule has 1 aliphatic rings. The van der Waals surface area contributed by atoms with Gasteiger partial charge in [0.25, 0.3) is 0 Å². The summed E-state index contributed by atoms with van der Waals surface area (Å²) < 4.78 is 13.5. The van der Waals surface area contributed by atoms with Gasteiger partial charge in [-0.2, -0.15) is 0 Å². The predicted octanol–water partition coefficient (Wildman–Crippen LogP) is 2.33. The molecule has 0 radical (unpaired) electrons. The fourth-order valence-corrected chi connectivity index (χ4v) is 2.79. The van der Waals surface area contributed by atoms with Crippen molar-refractivity contribution < 1.29 is 9.18 Å². The van der Waals surface area contributed by atoms with Gasteiger partial charge in [-0.25, -0.2) is 4.39 Å². The standard InChI is InChI=1S/C17H18FN3O/c18-14-5-1-4-13(9-14)17-15(6-7-16(22)21-17)20-11-12-3-2-8-19-10-12/h1-5,8-10,15,17,20H,6-7,11H2,(H,21,22)/t15-,17+/m1/s1. The van der Waals surface area contributed by atoms with E-state index in [1.54, 1.807) is 12.3 Å². The van der Waals surface area contributed by atoms with Crippen LogP contribution in [-0.2, 0) is 11.3 Å². The largest absolute Gasteiger partial charge is 0.348 e. The van der Waals surface area contributed by atoms with E-state index in [2.05, 4.69) is 15.6 Å². The lowest BCUT2D eigenvalue weighted by Crippen LogP contribution is -2.48. The maximum Gasteiger partial charge on any atom is 0.220 e. The average molecular weight is 299 g/mol. The van der Waals surface area contributed by atoms with Gasteiger partial charge in [-0.15, -0.1) is 0 Å². The number of hydrogen-bond donors (Lipinski definition) is 2. The van der Waals surface area contributed by atoms with Crippen LogP contribution in [0.5, 0.6) is 0 Å². The summed E-state index contributed by atoms with van der Waals surface area (Å²) in [5.41, 5.74) is 1.87. The van der Waals surface area contributed by atoms with Crippen molar-refractivity contribution in [1.82, 2.24) is 15.6 Å². The van der Waals surface area contributed by atoms with E-state index >= 15 is 0 Å². The summed E-state index contributed by atoms with van der Waals surface area (Å²) in [6.07, 6.45) is 4.76. The Morgan fingerprint density at radius 2 is 2.23 bits per heavy atom. The zero-order valence-corrected chi connectivity index (χ0v) is 12.1. The average Bonchev–Trinajstić information content (AvgIpc) is 2.54. The van der Waals surface area contributed by atoms with Gasteiger partial charge < -0.3 is 10.6 Å². The lowest BCUT2D eigenvalue weighted by Gasteiger charge is -2.33. The monoisotopic (exact) mass is 299 g/mol. The lowest BCUT2D eigenvalue weighted by molar-refractivity contribution is -0.123. The molecule has 1 aromatic carbocycles. The van der Waals surface area contributed by atoms with Crippen LogP contribution in [0.25, 0.3) is 0 Å². The molecule has 0 bridgehead atoms. The van der Waals surface area contributed by atoms with Crippen LogP contribution in [0, 0.1) is 5.82 Å². The van der Waals surface area contributed by atoms with Crippen LogP contribution in [0.4, 0.5) is 4.39 Å². The first kappa shape index (κ1) is 14.7. The first-order valence-corrected chi connectivity index (χ1v) is 7.39. The molecule has 0 spiro atoms. The molecule has 1 aromatic heterocycles. The molecule has 3 rings (SSSR count). The maximum atomic E-state index is 13.5. The highest BCUT2D eigenvalue weighted by molar-refractivity contribution is 5.77. The minimum Gasteiger partial charge on any atom is -0.348 e. The van der Waals surface area contributed by atoms with Crippen molar-refractivity contribution in [3.63, 3.8) is 0 Å². The molecule has 2 atom stereocenters. The highest BCUT2D eigenvalue weighted by atomic mass is 19.1. The van der Waals surface area contributed by atoms with Gasteiger partial charge in [-0.05, 0) is 35.7 Å². The van der Waals surface area contributed by atoms with E-state index in [1.165, 1.54) is 12.1 Å². The van der Waals surface area contributed by atoms with Gasteiger partial charge in [0.15, 0.2) is 0 Å². The second kappa shape index (κ2) is 6.66. The number of aromatic nitrogens is 1. The van der Waals surface area contributed by atoms with E-state index in [4.69, 9.17) is 0 Å². The Kier molecular flexibility index (Phi) is 4.44. The van der Waals surface area contributed by atoms with Gasteiger partial charge >= 0.3 is 0 Å². The Labute approximate surface area is 128 Å². The smallest absolute Gasteiger partial charge is 0.220 e. The van der Waals surface area contributed by atoms with Gasteiger partial charge in [0.05, 0.1) is 6.04 Å². The van der Waals surface area contributed by atoms with Crippen LogP contribution in [0.2, 0.25) is 0 Å². The minimum atomic E-state index is -0.289. The topological polar surface area (TPSA) is 54.0 Å². The number of nitrogens with one attached hydrogen (secondary N) is 2. The van der Waals surface area contributed by atoms with Gasteiger partial charge in [-0.3, -0.25) is 9.78 Å². The summed E-state index contributed by atoms with van der Waals surface area (Å²) in [5, 5.41) is 6.41. The summed E-state index contributed by atoms with van der Waals surface area (Å²) in [4.78, 5) is 15.8. The molecule has 5 heteroatoms. The molecule has 1 amide bonds. The second-order valence-corrected chi connectivity index (χ2v) is 5.49. The summed E-state index contributed by atoms with van der Waals surface area (Å²) in [5.74, 6) is -0.281. The lowest BCUT2D eigenvalue weighted by atomic mass is 9.91. The number of benzene rings is 1. The van der Waals surface area contributed by atoms with Crippen molar-refractivity contribution in [2.24, 2.45) is 0 Å². The van der Waals surface area contributed by atoms with Crippen LogP contribution in [0.1, 0.15) is 30.0 Å². The van der Waals surface area contributed by atoms with Crippen LogP contribution in [-0.4, -0.2) is 16.9 Å². The van der Waals surface area contributed by atoms with Crippen molar-refractivity contribution in [2.75, 3.05) is 0 Å². The Morgan fingerprint density at radius 1 is 1.32 bits per heavy atom. The first-order valence-electron chi connectivity index (χ1n) is 7.39. The second-order valence-electron chi connectivity index (χ2n) is 5.49. The zero-order chi connectivity index (χ0) is 15.4. The number of pyridine rings is 1. The van der Waals surface area contributed by atoms with E-state index in [-0.39, 0.29) is 23.8 Å². The fraction of sp³-hybridized carbons (Fsp3) is 0.294. The molecule has 1 fully saturated rings. The van der Waals surface area contributed by atoms with Gasteiger partial charge in [0.2, 0.25) is 5.91 Å². The molecular weight excluding hydrogens is 281 g/mol. The molecule has 114 valence electrons. The molecule has 2 heterocycles. The molecule has 22 heavy (non-hydrogen) atoms. The van der Waals surface area contributed by atoms with E-state index in [1.807, 2.05) is 24.4 Å². The van der Waals surface area contributed by atoms with Crippen molar-refractivity contribution in [1.29, 1.82) is 0 Å². The molecular formula is C17H18FN3O. The fourth-order valence-electron chi connectivity index (χ4n) is 2.79. The number of hydrogen-bond acceptors (Lipinski definition) is 3. The summed E-state index contributed by atoms with van der Waals surface area (Å²) in [7, 11) is 0. The molecule has 2 aromatic rings. The van der Waals surface area contributed by atoms with E-state index < -0.39 is 0 Å². The quantitative estimate of drug-likeness (QED) is 0.911. The predicted molar refractivity (Wildman–Crippen MR) is 81.4 cm³/mol. The Bertz CT molecular complexity index is 647. The Morgan fingerprint density at radius 3 is 3.00 bits per heavy atom. The number of rotatable bonds is 4. The SMILES string of the molecule is O=C1CC[C@@H](NCc2cccnc2)[C@H](c2cccc(F)c2)N1. The van der Waals surface area contributed by atoms with Gasteiger partial charge in [0.1, 0.15) is 5.82 Å². The summed E-state index contributed by atoms with van der Waals surface area (Å²) in [6, 6.07) is 10.2. The van der Waals surface area contributed by atoms with Gasteiger partial charge in [-0.1, -0.05) is 18.2 Å². The van der Waals surface area contributed by atoms with Gasteiger partial charge in [0, 0.05) is 31.4 Å². The molecule has 1 saturated heterocycles. The van der Waals surface area contributed by atoms with Crippen molar-refractivity contribution in [2.45, 2.75) is 31.5 Å². The van der Waals surface area contributed by atoms with E-state index in [9.17, 15) is 9.18 Å². The number of piperidine rings is 1. The van der Waals surface area contributed by atoms with Crippen LogP contribution < -0.4 is 10.6 Å². The number of carbonyl (C=O) groups is 1. The molecule has 1 aliphatic heterocycles. The van der Waals surface area contributed by atoms with Crippen molar-refractivity contribution in [3.05, 3.63) is 65.7 Å². The Balaban J connectivity index is 1.74. The number of amides is 1. The van der Waals surface area contributed by atoms with E-state index in [0.717, 1.165) is 17.5 Å². The van der Waals surface area contributed by atoms with Crippen molar-refractivity contribution >= 4 is 5.91 Å². The van der Waals surface area contributed by atoms with Crippen LogP contribution in [0.3, 0.4) is 0 Å². The minimum absolute atomic E-state index is 0.00805. The third kappa shape index (κ3) is 3.49. The van der Waals surface area contributed by atoms with E-state index in [0.29, 0.717) is 13.0 Å². The van der Waals surface area contributed by atoms with Crippen LogP contribution >= 0.6 is 0 Å². The first-order chi connectivity index (χ1) is 10.7. The number of halogens is 1. The normalized spacial score (nSPS) is 21.4. The molecule has 4 nitrogen and oxygen atoms in total. The highest BCUT2D eigenvalue weighted by Crippen LogP contribution is 2.25. The summed E-state index contributed by atoms with van der Waals surface area (Å²) >= 11 is 0. The molecule has 0 saturated carbocycles. The Hall–Kier alpha value is -2.27. The van der Waals surface area contributed by atoms with Crippen LogP contribution in [0.15, 0.2) is 48.8 Å². The number of carbonyl (C=O) groups excluding carboxylic acids is 1. The highest BCUT2D eigenvalue weighted by Gasteiger charge is 2.29. The maximum absolute atomic E-state index is 13.5. The molecule has 0 aliphatic carbocycles. The molecule has 0 unspecified atom stereocenters. The van der Waals surface area contributed by atoms with Crippen molar-refractivity contribution in [3.8, 4) is 0 Å². The third-order valence-corrected chi connectivity index (χ3v) is 3.90. The molecule has 2 N–H and O–H groups in total.